The number of amides is 3. The molecule has 0 saturated heterocycles. The molecule has 7 nitrogen and oxygen atoms in total. The molecular formula is C15H17N3O4. The Kier molecular flexibility index (Phi) is 5.56. The SMILES string of the molecule is COCC(=O)Nc1cccc(NC(=O)NCc2ccco2)c1. The summed E-state index contributed by atoms with van der Waals surface area (Å²) < 4.78 is 9.86. The topological polar surface area (TPSA) is 92.6 Å². The molecule has 0 unspecified atom stereocenters. The third-order valence-corrected chi connectivity index (χ3v) is 2.68. The highest BCUT2D eigenvalue weighted by molar-refractivity contribution is 5.94. The highest BCUT2D eigenvalue weighted by atomic mass is 16.5. The largest absolute Gasteiger partial charge is 0.467 e. The maximum atomic E-state index is 11.8. The van der Waals surface area contributed by atoms with Crippen molar-refractivity contribution >= 4 is 23.3 Å². The summed E-state index contributed by atoms with van der Waals surface area (Å²) in [6.45, 7) is 0.268. The molecule has 0 spiro atoms. The average Bonchev–Trinajstić information content (AvgIpc) is 2.99. The molecule has 116 valence electrons. The quantitative estimate of drug-likeness (QED) is 0.762. The molecule has 2 aromatic rings. The van der Waals surface area contributed by atoms with E-state index in [1.165, 1.54) is 7.11 Å². The Bertz CT molecular complexity index is 625. The van der Waals surface area contributed by atoms with Crippen LogP contribution < -0.4 is 16.0 Å². The predicted octanol–water partition coefficient (Wildman–Crippen LogP) is 2.19. The van der Waals surface area contributed by atoms with Crippen molar-refractivity contribution < 1.29 is 18.7 Å². The van der Waals surface area contributed by atoms with E-state index in [9.17, 15) is 9.59 Å². The molecule has 2 rings (SSSR count). The standard InChI is InChI=1S/C15H17N3O4/c1-21-10-14(19)17-11-4-2-5-12(8-11)18-15(20)16-9-13-6-3-7-22-13/h2-8H,9-10H2,1H3,(H,17,19)(H2,16,18,20). The number of hydrogen-bond acceptors (Lipinski definition) is 4. The van der Waals surface area contributed by atoms with Gasteiger partial charge in [0.1, 0.15) is 12.4 Å². The Hall–Kier alpha value is -2.80. The third-order valence-electron chi connectivity index (χ3n) is 2.68. The highest BCUT2D eigenvalue weighted by Gasteiger charge is 2.05. The number of carbonyl (C=O) groups is 2. The van der Waals surface area contributed by atoms with Gasteiger partial charge in [0.25, 0.3) is 0 Å². The minimum absolute atomic E-state index is 0.0265. The summed E-state index contributed by atoms with van der Waals surface area (Å²) in [6.07, 6.45) is 1.54. The molecule has 0 saturated carbocycles. The fourth-order valence-corrected chi connectivity index (χ4v) is 1.76. The number of hydrogen-bond donors (Lipinski definition) is 3. The number of nitrogens with one attached hydrogen (secondary N) is 3. The molecule has 1 aromatic heterocycles. The summed E-state index contributed by atoms with van der Waals surface area (Å²) in [5.74, 6) is 0.401. The summed E-state index contributed by atoms with van der Waals surface area (Å²) in [5.41, 5.74) is 1.14. The van der Waals surface area contributed by atoms with Gasteiger partial charge in [0.05, 0.1) is 12.8 Å². The minimum atomic E-state index is -0.364. The van der Waals surface area contributed by atoms with E-state index < -0.39 is 0 Å². The minimum Gasteiger partial charge on any atom is -0.467 e. The van der Waals surface area contributed by atoms with Gasteiger partial charge < -0.3 is 25.1 Å². The second-order valence-corrected chi connectivity index (χ2v) is 4.45. The fourth-order valence-electron chi connectivity index (χ4n) is 1.76. The second-order valence-electron chi connectivity index (χ2n) is 4.45. The van der Waals surface area contributed by atoms with Crippen LogP contribution in [-0.4, -0.2) is 25.7 Å². The van der Waals surface area contributed by atoms with E-state index in [0.29, 0.717) is 23.7 Å². The Morgan fingerprint density at radius 3 is 2.59 bits per heavy atom. The first kappa shape index (κ1) is 15.6. The monoisotopic (exact) mass is 303 g/mol. The molecule has 0 aliphatic rings. The van der Waals surface area contributed by atoms with Gasteiger partial charge in [0.2, 0.25) is 5.91 Å². The Morgan fingerprint density at radius 1 is 1.14 bits per heavy atom. The Morgan fingerprint density at radius 2 is 1.91 bits per heavy atom. The zero-order chi connectivity index (χ0) is 15.8. The van der Waals surface area contributed by atoms with Gasteiger partial charge >= 0.3 is 6.03 Å². The number of ether oxygens (including phenoxy) is 1. The van der Waals surface area contributed by atoms with Crippen LogP contribution in [0.25, 0.3) is 0 Å². The van der Waals surface area contributed by atoms with E-state index in [-0.39, 0.29) is 18.5 Å². The van der Waals surface area contributed by atoms with Gasteiger partial charge in [-0.05, 0) is 30.3 Å². The number of rotatable bonds is 6. The van der Waals surface area contributed by atoms with Gasteiger partial charge in [-0.2, -0.15) is 0 Å². The molecule has 22 heavy (non-hydrogen) atoms. The zero-order valence-corrected chi connectivity index (χ0v) is 12.1. The predicted molar refractivity (Wildman–Crippen MR) is 81.5 cm³/mol. The molecule has 1 aromatic carbocycles. The molecule has 0 aliphatic heterocycles. The van der Waals surface area contributed by atoms with Gasteiger partial charge in [-0.1, -0.05) is 6.07 Å². The van der Waals surface area contributed by atoms with Gasteiger partial charge in [-0.25, -0.2) is 4.79 Å². The average molecular weight is 303 g/mol. The molecule has 0 bridgehead atoms. The lowest BCUT2D eigenvalue weighted by Crippen LogP contribution is -2.28. The van der Waals surface area contributed by atoms with Crippen LogP contribution in [0, 0.1) is 0 Å². The van der Waals surface area contributed by atoms with Crippen LogP contribution in [0.2, 0.25) is 0 Å². The molecule has 0 fully saturated rings. The van der Waals surface area contributed by atoms with Crippen molar-refractivity contribution in [2.45, 2.75) is 6.54 Å². The van der Waals surface area contributed by atoms with Crippen LogP contribution in [0.4, 0.5) is 16.2 Å². The van der Waals surface area contributed by atoms with Gasteiger partial charge in [-0.15, -0.1) is 0 Å². The normalized spacial score (nSPS) is 10.0. The third kappa shape index (κ3) is 4.95. The van der Waals surface area contributed by atoms with Crippen molar-refractivity contribution in [2.75, 3.05) is 24.4 Å². The van der Waals surface area contributed by atoms with Crippen molar-refractivity contribution in [1.82, 2.24) is 5.32 Å². The number of benzene rings is 1. The number of carbonyl (C=O) groups excluding carboxylic acids is 2. The van der Waals surface area contributed by atoms with Gasteiger partial charge in [-0.3, -0.25) is 4.79 Å². The van der Waals surface area contributed by atoms with Crippen LogP contribution in [0.1, 0.15) is 5.76 Å². The van der Waals surface area contributed by atoms with Crippen LogP contribution >= 0.6 is 0 Å². The van der Waals surface area contributed by atoms with Crippen LogP contribution in [0.3, 0.4) is 0 Å². The van der Waals surface area contributed by atoms with E-state index >= 15 is 0 Å². The maximum Gasteiger partial charge on any atom is 0.319 e. The smallest absolute Gasteiger partial charge is 0.319 e. The van der Waals surface area contributed by atoms with Crippen molar-refractivity contribution in [3.05, 3.63) is 48.4 Å². The van der Waals surface area contributed by atoms with E-state index in [4.69, 9.17) is 9.15 Å². The van der Waals surface area contributed by atoms with E-state index in [1.54, 1.807) is 42.7 Å². The summed E-state index contributed by atoms with van der Waals surface area (Å²) in [5, 5.41) is 8.00. The molecule has 3 amide bonds. The van der Waals surface area contributed by atoms with Crippen molar-refractivity contribution in [3.8, 4) is 0 Å². The maximum absolute atomic E-state index is 11.8. The lowest BCUT2D eigenvalue weighted by molar-refractivity contribution is -0.119. The van der Waals surface area contributed by atoms with Crippen molar-refractivity contribution in [3.63, 3.8) is 0 Å². The zero-order valence-electron chi connectivity index (χ0n) is 12.1. The molecule has 0 radical (unpaired) electrons. The number of furan rings is 1. The number of anilines is 2. The molecular weight excluding hydrogens is 286 g/mol. The summed E-state index contributed by atoms with van der Waals surface area (Å²) in [7, 11) is 1.45. The second kappa shape index (κ2) is 7.84. The molecule has 0 atom stereocenters. The summed E-state index contributed by atoms with van der Waals surface area (Å²) >= 11 is 0. The van der Waals surface area contributed by atoms with E-state index in [0.717, 1.165) is 0 Å². The molecule has 7 heteroatoms. The van der Waals surface area contributed by atoms with Crippen LogP contribution in [-0.2, 0) is 16.1 Å². The first-order valence-corrected chi connectivity index (χ1v) is 6.63. The lowest BCUT2D eigenvalue weighted by Gasteiger charge is -2.09. The van der Waals surface area contributed by atoms with Crippen molar-refractivity contribution in [2.24, 2.45) is 0 Å². The first-order chi connectivity index (χ1) is 10.7. The van der Waals surface area contributed by atoms with E-state index in [2.05, 4.69) is 16.0 Å². The molecule has 3 N–H and O–H groups in total. The van der Waals surface area contributed by atoms with Crippen LogP contribution in [0.5, 0.6) is 0 Å². The van der Waals surface area contributed by atoms with Crippen molar-refractivity contribution in [1.29, 1.82) is 0 Å². The summed E-state index contributed by atoms with van der Waals surface area (Å²) in [4.78, 5) is 23.2. The fraction of sp³-hybridized carbons (Fsp3) is 0.200. The molecule has 0 aliphatic carbocycles. The molecule has 1 heterocycles. The summed E-state index contributed by atoms with van der Waals surface area (Å²) in [6, 6.07) is 9.98. The Labute approximate surface area is 127 Å². The highest BCUT2D eigenvalue weighted by Crippen LogP contribution is 2.15. The first-order valence-electron chi connectivity index (χ1n) is 6.63. The Balaban J connectivity index is 1.86. The number of methoxy groups -OCH3 is 1. The van der Waals surface area contributed by atoms with Crippen LogP contribution in [0.15, 0.2) is 47.1 Å². The van der Waals surface area contributed by atoms with E-state index in [1.807, 2.05) is 0 Å². The van der Waals surface area contributed by atoms with Gasteiger partial charge in [0.15, 0.2) is 0 Å². The number of urea groups is 1. The van der Waals surface area contributed by atoms with Gasteiger partial charge in [0, 0.05) is 18.5 Å². The lowest BCUT2D eigenvalue weighted by atomic mass is 10.2.